The van der Waals surface area contributed by atoms with Gasteiger partial charge in [0.1, 0.15) is 0 Å². The zero-order valence-electron chi connectivity index (χ0n) is 6.32. The van der Waals surface area contributed by atoms with Crippen molar-refractivity contribution >= 4 is 17.7 Å². The molecule has 0 aromatic rings. The number of carbonyl (C=O) groups excluding carboxylic acids is 1. The summed E-state index contributed by atoms with van der Waals surface area (Å²) in [5, 5.41) is 0. The SMILES string of the molecule is NC1CC(=O)N2CCSCC12. The van der Waals surface area contributed by atoms with E-state index >= 15 is 0 Å². The van der Waals surface area contributed by atoms with E-state index in [4.69, 9.17) is 5.73 Å². The molecule has 0 spiro atoms. The Morgan fingerprint density at radius 3 is 3.18 bits per heavy atom. The minimum absolute atomic E-state index is 0.0929. The number of amides is 1. The van der Waals surface area contributed by atoms with E-state index in [9.17, 15) is 4.79 Å². The van der Waals surface area contributed by atoms with Crippen molar-refractivity contribution in [3.05, 3.63) is 0 Å². The van der Waals surface area contributed by atoms with Crippen LogP contribution < -0.4 is 5.73 Å². The van der Waals surface area contributed by atoms with E-state index in [2.05, 4.69) is 0 Å². The number of thioether (sulfide) groups is 1. The fourth-order valence-corrected chi connectivity index (χ4v) is 2.90. The van der Waals surface area contributed by atoms with Gasteiger partial charge in [-0.3, -0.25) is 4.79 Å². The zero-order valence-corrected chi connectivity index (χ0v) is 7.14. The highest BCUT2D eigenvalue weighted by Crippen LogP contribution is 2.25. The van der Waals surface area contributed by atoms with Crippen molar-refractivity contribution in [1.82, 2.24) is 4.90 Å². The van der Waals surface area contributed by atoms with Crippen LogP contribution in [0.3, 0.4) is 0 Å². The summed E-state index contributed by atoms with van der Waals surface area (Å²) in [6, 6.07) is 0.427. The minimum atomic E-state index is 0.0929. The molecule has 0 aromatic carbocycles. The van der Waals surface area contributed by atoms with Gasteiger partial charge in [0, 0.05) is 30.5 Å². The third-order valence-corrected chi connectivity index (χ3v) is 3.44. The average molecular weight is 172 g/mol. The molecule has 2 rings (SSSR count). The second kappa shape index (κ2) is 2.68. The molecule has 0 aliphatic carbocycles. The van der Waals surface area contributed by atoms with E-state index in [1.807, 2.05) is 16.7 Å². The zero-order chi connectivity index (χ0) is 7.84. The molecule has 2 fully saturated rings. The fraction of sp³-hybridized carbons (Fsp3) is 0.857. The molecule has 2 aliphatic rings. The van der Waals surface area contributed by atoms with E-state index in [-0.39, 0.29) is 11.9 Å². The predicted molar refractivity (Wildman–Crippen MR) is 45.4 cm³/mol. The van der Waals surface area contributed by atoms with Gasteiger partial charge in [0.15, 0.2) is 0 Å². The van der Waals surface area contributed by atoms with Gasteiger partial charge in [0.2, 0.25) is 5.91 Å². The van der Waals surface area contributed by atoms with Crippen LogP contribution in [0.15, 0.2) is 0 Å². The lowest BCUT2D eigenvalue weighted by Gasteiger charge is -2.30. The first kappa shape index (κ1) is 7.43. The van der Waals surface area contributed by atoms with Crippen LogP contribution in [-0.4, -0.2) is 40.9 Å². The Labute approximate surface area is 70.3 Å². The Balaban J connectivity index is 2.13. The van der Waals surface area contributed by atoms with Gasteiger partial charge in [-0.25, -0.2) is 0 Å². The van der Waals surface area contributed by atoms with E-state index in [1.54, 1.807) is 0 Å². The summed E-state index contributed by atoms with van der Waals surface area (Å²) in [4.78, 5) is 13.2. The summed E-state index contributed by atoms with van der Waals surface area (Å²) in [7, 11) is 0. The molecule has 2 N–H and O–H groups in total. The van der Waals surface area contributed by atoms with Crippen LogP contribution in [0, 0.1) is 0 Å². The number of nitrogens with zero attached hydrogens (tertiary/aromatic N) is 1. The summed E-state index contributed by atoms with van der Waals surface area (Å²) < 4.78 is 0. The van der Waals surface area contributed by atoms with Crippen molar-refractivity contribution in [2.45, 2.75) is 18.5 Å². The largest absolute Gasteiger partial charge is 0.336 e. The smallest absolute Gasteiger partial charge is 0.224 e. The van der Waals surface area contributed by atoms with Crippen LogP contribution in [0.1, 0.15) is 6.42 Å². The van der Waals surface area contributed by atoms with E-state index in [0.29, 0.717) is 12.5 Å². The van der Waals surface area contributed by atoms with Gasteiger partial charge in [-0.1, -0.05) is 0 Å². The van der Waals surface area contributed by atoms with Crippen molar-refractivity contribution in [3.63, 3.8) is 0 Å². The van der Waals surface area contributed by atoms with Crippen LogP contribution in [0.4, 0.5) is 0 Å². The highest BCUT2D eigenvalue weighted by Gasteiger charge is 2.38. The molecule has 2 unspecified atom stereocenters. The Morgan fingerprint density at radius 2 is 2.45 bits per heavy atom. The number of nitrogens with two attached hydrogens (primary N) is 1. The Hall–Kier alpha value is -0.220. The molecule has 0 bridgehead atoms. The molecule has 3 nitrogen and oxygen atoms in total. The Kier molecular flexibility index (Phi) is 1.81. The molecule has 2 heterocycles. The second-order valence-electron chi connectivity index (χ2n) is 3.10. The highest BCUT2D eigenvalue weighted by molar-refractivity contribution is 7.99. The standard InChI is InChI=1S/C7H12N2OS/c8-5-3-7(10)9-1-2-11-4-6(5)9/h5-6H,1-4,8H2. The molecule has 11 heavy (non-hydrogen) atoms. The van der Waals surface area contributed by atoms with Crippen LogP contribution in [-0.2, 0) is 4.79 Å². The maximum atomic E-state index is 11.3. The lowest BCUT2D eigenvalue weighted by molar-refractivity contribution is -0.128. The highest BCUT2D eigenvalue weighted by atomic mass is 32.2. The maximum absolute atomic E-state index is 11.3. The number of fused-ring (bicyclic) bond motifs is 1. The Morgan fingerprint density at radius 1 is 1.64 bits per heavy atom. The molecule has 2 atom stereocenters. The summed E-state index contributed by atoms with van der Waals surface area (Å²) in [5.41, 5.74) is 5.80. The number of hydrogen-bond acceptors (Lipinski definition) is 3. The number of carbonyl (C=O) groups is 1. The van der Waals surface area contributed by atoms with Crippen molar-refractivity contribution in [3.8, 4) is 0 Å². The van der Waals surface area contributed by atoms with Gasteiger partial charge in [-0.2, -0.15) is 11.8 Å². The van der Waals surface area contributed by atoms with E-state index < -0.39 is 0 Å². The van der Waals surface area contributed by atoms with Crippen LogP contribution in [0.2, 0.25) is 0 Å². The molecule has 62 valence electrons. The monoisotopic (exact) mass is 172 g/mol. The summed E-state index contributed by atoms with van der Waals surface area (Å²) in [6.45, 7) is 0.905. The van der Waals surface area contributed by atoms with E-state index in [0.717, 1.165) is 18.1 Å². The molecule has 0 saturated carbocycles. The average Bonchev–Trinajstić information content (AvgIpc) is 2.30. The molecule has 0 radical (unpaired) electrons. The molecular formula is C7H12N2OS. The van der Waals surface area contributed by atoms with Gasteiger partial charge >= 0.3 is 0 Å². The quantitative estimate of drug-likeness (QED) is 0.544. The van der Waals surface area contributed by atoms with Crippen molar-refractivity contribution in [2.24, 2.45) is 5.73 Å². The lowest BCUT2D eigenvalue weighted by Crippen LogP contribution is -2.46. The molecular weight excluding hydrogens is 160 g/mol. The van der Waals surface area contributed by atoms with E-state index in [1.165, 1.54) is 0 Å². The van der Waals surface area contributed by atoms with Crippen molar-refractivity contribution < 1.29 is 4.79 Å². The minimum Gasteiger partial charge on any atom is -0.336 e. The lowest BCUT2D eigenvalue weighted by atomic mass is 10.1. The fourth-order valence-electron chi connectivity index (χ4n) is 1.74. The first-order valence-corrected chi connectivity index (χ1v) is 5.07. The van der Waals surface area contributed by atoms with Crippen molar-refractivity contribution in [2.75, 3.05) is 18.1 Å². The third kappa shape index (κ3) is 1.14. The summed E-state index contributed by atoms with van der Waals surface area (Å²) in [6.07, 6.45) is 0.561. The van der Waals surface area contributed by atoms with Gasteiger partial charge in [-0.15, -0.1) is 0 Å². The second-order valence-corrected chi connectivity index (χ2v) is 4.25. The van der Waals surface area contributed by atoms with Crippen LogP contribution in [0.25, 0.3) is 0 Å². The molecule has 2 aliphatic heterocycles. The summed E-state index contributed by atoms with van der Waals surface area (Å²) in [5.74, 6) is 2.37. The van der Waals surface area contributed by atoms with Gasteiger partial charge in [-0.05, 0) is 0 Å². The normalized spacial score (nSPS) is 37.5. The number of hydrogen-bond donors (Lipinski definition) is 1. The first-order chi connectivity index (χ1) is 5.29. The summed E-state index contributed by atoms with van der Waals surface area (Å²) >= 11 is 1.90. The van der Waals surface area contributed by atoms with Crippen LogP contribution >= 0.6 is 11.8 Å². The van der Waals surface area contributed by atoms with Crippen molar-refractivity contribution in [1.29, 1.82) is 0 Å². The van der Waals surface area contributed by atoms with Gasteiger partial charge < -0.3 is 10.6 Å². The Bertz CT molecular complexity index is 185. The predicted octanol–water partition coefficient (Wildman–Crippen LogP) is -0.339. The topological polar surface area (TPSA) is 46.3 Å². The van der Waals surface area contributed by atoms with Gasteiger partial charge in [0.05, 0.1) is 6.04 Å². The molecule has 1 amide bonds. The molecule has 0 aromatic heterocycles. The van der Waals surface area contributed by atoms with Crippen LogP contribution in [0.5, 0.6) is 0 Å². The maximum Gasteiger partial charge on any atom is 0.224 e. The molecule has 2 saturated heterocycles. The molecule has 4 heteroatoms. The number of rotatable bonds is 0. The third-order valence-electron chi connectivity index (χ3n) is 2.39. The van der Waals surface area contributed by atoms with Gasteiger partial charge in [0.25, 0.3) is 0 Å². The first-order valence-electron chi connectivity index (χ1n) is 3.92.